The Kier molecular flexibility index (Phi) is 3.45. The lowest BCUT2D eigenvalue weighted by Crippen LogP contribution is -2.26. The average molecular weight is 384 g/mol. The largest absolute Gasteiger partial charge is 0.350 e. The summed E-state index contributed by atoms with van der Waals surface area (Å²) in [5, 5.41) is 4.04. The first-order chi connectivity index (χ1) is 14.2. The number of benzene rings is 1. The molecule has 3 aromatic heterocycles. The highest BCUT2D eigenvalue weighted by molar-refractivity contribution is 5.88. The standard InChI is InChI=1S/C23H20N4O2/c28-20-11-17(23-18(13-24-20)25-19-8-1-2-9-26(19)23)16-12-21(29)27-10-4-6-14-5-3-7-15(16)22(14)27/h1-3,5,7-9,12,17H,4,6,10-11,13H2,(H,24,28)/t17-/m1/s1. The van der Waals surface area contributed by atoms with Crippen LogP contribution in [0.1, 0.15) is 41.3 Å². The topological polar surface area (TPSA) is 68.4 Å². The summed E-state index contributed by atoms with van der Waals surface area (Å²) in [5.74, 6) is -0.234. The maximum atomic E-state index is 13.0. The second-order valence-electron chi connectivity index (χ2n) is 7.91. The Hall–Kier alpha value is -3.41. The summed E-state index contributed by atoms with van der Waals surface area (Å²) in [6.07, 6.45) is 4.25. The summed E-state index contributed by atoms with van der Waals surface area (Å²) in [7, 11) is 0. The van der Waals surface area contributed by atoms with Crippen LogP contribution in [0.2, 0.25) is 0 Å². The fourth-order valence-corrected chi connectivity index (χ4v) is 5.04. The number of hydrogen-bond donors (Lipinski definition) is 1. The molecule has 0 unspecified atom stereocenters. The molecule has 0 aliphatic carbocycles. The minimum absolute atomic E-state index is 0.0136. The van der Waals surface area contributed by atoms with Crippen molar-refractivity contribution < 1.29 is 4.79 Å². The van der Waals surface area contributed by atoms with Crippen molar-refractivity contribution in [1.82, 2.24) is 19.3 Å². The number of carbonyl (C=O) groups excluding carboxylic acids is 1. The number of aryl methyl sites for hydroxylation is 2. The minimum Gasteiger partial charge on any atom is -0.350 e. The van der Waals surface area contributed by atoms with Crippen LogP contribution in [-0.4, -0.2) is 19.9 Å². The van der Waals surface area contributed by atoms with Gasteiger partial charge in [-0.05, 0) is 36.1 Å². The Bertz CT molecular complexity index is 1360. The fraction of sp³-hybridized carbons (Fsp3) is 0.261. The average Bonchev–Trinajstić information content (AvgIpc) is 3.03. The van der Waals surface area contributed by atoms with Gasteiger partial charge in [0.05, 0.1) is 23.4 Å². The Morgan fingerprint density at radius 2 is 2.03 bits per heavy atom. The summed E-state index contributed by atoms with van der Waals surface area (Å²) in [5.41, 5.74) is 5.91. The van der Waals surface area contributed by atoms with Crippen LogP contribution in [-0.2, 0) is 24.3 Å². The van der Waals surface area contributed by atoms with Gasteiger partial charge in [-0.3, -0.25) is 9.59 Å². The molecule has 144 valence electrons. The Morgan fingerprint density at radius 1 is 1.10 bits per heavy atom. The van der Waals surface area contributed by atoms with Gasteiger partial charge in [-0.2, -0.15) is 0 Å². The third kappa shape index (κ3) is 2.38. The number of nitrogens with zero attached hydrogens (tertiary/aromatic N) is 3. The molecular weight excluding hydrogens is 364 g/mol. The van der Waals surface area contributed by atoms with Gasteiger partial charge in [-0.25, -0.2) is 4.98 Å². The highest BCUT2D eigenvalue weighted by Gasteiger charge is 2.31. The van der Waals surface area contributed by atoms with E-state index >= 15 is 0 Å². The van der Waals surface area contributed by atoms with Crippen LogP contribution in [0.3, 0.4) is 0 Å². The van der Waals surface area contributed by atoms with Gasteiger partial charge in [0.15, 0.2) is 0 Å². The van der Waals surface area contributed by atoms with E-state index in [9.17, 15) is 9.59 Å². The molecule has 6 rings (SSSR count). The minimum atomic E-state index is -0.218. The molecule has 6 nitrogen and oxygen atoms in total. The first-order valence-corrected chi connectivity index (χ1v) is 10.1. The number of hydrogen-bond acceptors (Lipinski definition) is 3. The molecule has 0 fully saturated rings. The van der Waals surface area contributed by atoms with Crippen LogP contribution < -0.4 is 10.9 Å². The number of rotatable bonds is 1. The van der Waals surface area contributed by atoms with E-state index in [0.29, 0.717) is 13.0 Å². The SMILES string of the molecule is O=C1C[C@H](c2cc(=O)n3c4c(cccc24)CCC3)c2c(nc3ccccn23)CN1. The zero-order valence-electron chi connectivity index (χ0n) is 15.9. The first-order valence-electron chi connectivity index (χ1n) is 10.1. The van der Waals surface area contributed by atoms with Crippen molar-refractivity contribution in [2.45, 2.75) is 38.3 Å². The number of imidazole rings is 1. The van der Waals surface area contributed by atoms with E-state index in [-0.39, 0.29) is 17.4 Å². The number of nitrogens with one attached hydrogen (secondary N) is 1. The predicted octanol–water partition coefficient (Wildman–Crippen LogP) is 2.75. The number of pyridine rings is 2. The highest BCUT2D eigenvalue weighted by atomic mass is 16.1. The predicted molar refractivity (Wildman–Crippen MR) is 110 cm³/mol. The quantitative estimate of drug-likeness (QED) is 0.549. The van der Waals surface area contributed by atoms with Crippen LogP contribution in [0.4, 0.5) is 0 Å². The summed E-state index contributed by atoms with van der Waals surface area (Å²) in [6, 6.07) is 13.9. The van der Waals surface area contributed by atoms with E-state index in [1.165, 1.54) is 5.56 Å². The van der Waals surface area contributed by atoms with Crippen molar-refractivity contribution >= 4 is 22.5 Å². The number of para-hydroxylation sites is 1. The normalized spacial score (nSPS) is 18.5. The zero-order chi connectivity index (χ0) is 19.5. The summed E-state index contributed by atoms with van der Waals surface area (Å²) < 4.78 is 3.96. The van der Waals surface area contributed by atoms with Gasteiger partial charge in [0.1, 0.15) is 5.65 Å². The molecule has 5 heterocycles. The van der Waals surface area contributed by atoms with Gasteiger partial charge in [0.25, 0.3) is 5.56 Å². The lowest BCUT2D eigenvalue weighted by Gasteiger charge is -2.24. The molecule has 1 amide bonds. The molecule has 1 atom stereocenters. The van der Waals surface area contributed by atoms with Crippen LogP contribution in [0.15, 0.2) is 53.5 Å². The third-order valence-electron chi connectivity index (χ3n) is 6.26. The van der Waals surface area contributed by atoms with Gasteiger partial charge < -0.3 is 14.3 Å². The van der Waals surface area contributed by atoms with E-state index in [1.807, 2.05) is 29.0 Å². The van der Waals surface area contributed by atoms with Crippen LogP contribution in [0.5, 0.6) is 0 Å². The molecule has 29 heavy (non-hydrogen) atoms. The first kappa shape index (κ1) is 16.5. The van der Waals surface area contributed by atoms with E-state index in [2.05, 4.69) is 27.9 Å². The van der Waals surface area contributed by atoms with Gasteiger partial charge in [0, 0.05) is 36.5 Å². The lowest BCUT2D eigenvalue weighted by atomic mass is 9.87. The summed E-state index contributed by atoms with van der Waals surface area (Å²) in [4.78, 5) is 30.3. The van der Waals surface area contributed by atoms with Crippen LogP contribution in [0, 0.1) is 0 Å². The lowest BCUT2D eigenvalue weighted by molar-refractivity contribution is -0.121. The van der Waals surface area contributed by atoms with Gasteiger partial charge >= 0.3 is 0 Å². The number of carbonyl (C=O) groups is 1. The molecule has 2 aliphatic rings. The Morgan fingerprint density at radius 3 is 2.97 bits per heavy atom. The van der Waals surface area contributed by atoms with Crippen LogP contribution >= 0.6 is 0 Å². The molecule has 0 spiro atoms. The van der Waals surface area contributed by atoms with Crippen molar-refractivity contribution in [3.05, 3.63) is 81.5 Å². The zero-order valence-corrected chi connectivity index (χ0v) is 15.9. The molecule has 2 aliphatic heterocycles. The van der Waals surface area contributed by atoms with E-state index in [1.54, 1.807) is 6.07 Å². The third-order valence-corrected chi connectivity index (χ3v) is 6.26. The molecule has 0 saturated carbocycles. The van der Waals surface area contributed by atoms with Crippen molar-refractivity contribution in [1.29, 1.82) is 0 Å². The molecule has 0 radical (unpaired) electrons. The number of fused-ring (bicyclic) bond motifs is 3. The van der Waals surface area contributed by atoms with Crippen molar-refractivity contribution in [2.75, 3.05) is 0 Å². The second-order valence-corrected chi connectivity index (χ2v) is 7.91. The molecule has 0 bridgehead atoms. The molecular formula is C23H20N4O2. The maximum Gasteiger partial charge on any atom is 0.251 e. The van der Waals surface area contributed by atoms with Crippen molar-refractivity contribution in [3.63, 3.8) is 0 Å². The molecule has 1 aromatic carbocycles. The molecule has 0 saturated heterocycles. The molecule has 6 heteroatoms. The van der Waals surface area contributed by atoms with Gasteiger partial charge in [-0.15, -0.1) is 0 Å². The van der Waals surface area contributed by atoms with Crippen molar-refractivity contribution in [3.8, 4) is 0 Å². The highest BCUT2D eigenvalue weighted by Crippen LogP contribution is 2.37. The summed E-state index contributed by atoms with van der Waals surface area (Å²) in [6.45, 7) is 1.16. The molecule has 1 N–H and O–H groups in total. The van der Waals surface area contributed by atoms with E-state index in [4.69, 9.17) is 4.98 Å². The number of amides is 1. The smallest absolute Gasteiger partial charge is 0.251 e. The van der Waals surface area contributed by atoms with E-state index in [0.717, 1.165) is 52.9 Å². The van der Waals surface area contributed by atoms with E-state index < -0.39 is 0 Å². The van der Waals surface area contributed by atoms with Gasteiger partial charge in [0.2, 0.25) is 5.91 Å². The number of aromatic nitrogens is 3. The molecule has 4 aromatic rings. The van der Waals surface area contributed by atoms with Crippen molar-refractivity contribution in [2.24, 2.45) is 0 Å². The Labute approximate surface area is 166 Å². The monoisotopic (exact) mass is 384 g/mol. The second kappa shape index (κ2) is 6.04. The maximum absolute atomic E-state index is 13.0. The fourth-order valence-electron chi connectivity index (χ4n) is 5.04. The van der Waals surface area contributed by atoms with Gasteiger partial charge in [-0.1, -0.05) is 24.3 Å². The Balaban J connectivity index is 1.69. The van der Waals surface area contributed by atoms with Crippen LogP contribution in [0.25, 0.3) is 16.6 Å². The summed E-state index contributed by atoms with van der Waals surface area (Å²) >= 11 is 0.